The van der Waals surface area contributed by atoms with E-state index < -0.39 is 0 Å². The molecule has 0 atom stereocenters. The predicted octanol–water partition coefficient (Wildman–Crippen LogP) is 7.80. The first-order valence-electron chi connectivity index (χ1n) is 12.7. The quantitative estimate of drug-likeness (QED) is 0.169. The molecule has 2 saturated carbocycles. The summed E-state index contributed by atoms with van der Waals surface area (Å²) in [7, 11) is 0. The Morgan fingerprint density at radius 2 is 1.11 bits per heavy atom. The fraction of sp³-hybridized carbons (Fsp3) is 0.733. The molecule has 0 bridgehead atoms. The first-order valence-corrected chi connectivity index (χ1v) is 13.5. The monoisotopic (exact) mass is 629 g/mol. The molecule has 0 spiro atoms. The molecule has 0 aromatic rings. The van der Waals surface area contributed by atoms with Gasteiger partial charge in [-0.3, -0.25) is 0 Å². The third-order valence-corrected chi connectivity index (χ3v) is 8.26. The van der Waals surface area contributed by atoms with Crippen LogP contribution < -0.4 is 29.6 Å². The molecule has 35 heavy (non-hydrogen) atoms. The summed E-state index contributed by atoms with van der Waals surface area (Å²) in [6.07, 6.45) is 15.4. The van der Waals surface area contributed by atoms with Crippen LogP contribution in [0, 0.1) is 0 Å². The molecule has 202 valence electrons. The molecule has 0 unspecified atom stereocenters. The van der Waals surface area contributed by atoms with Gasteiger partial charge in [0.1, 0.15) is 0 Å². The van der Waals surface area contributed by atoms with Gasteiger partial charge in [0.2, 0.25) is 0 Å². The Morgan fingerprint density at radius 1 is 0.743 bits per heavy atom. The average molecular weight is 632 g/mol. The maximum Gasteiger partial charge on any atom is 1.00 e. The Kier molecular flexibility index (Phi) is 21.9. The Hall–Kier alpha value is 0.840. The Labute approximate surface area is 260 Å². The predicted molar refractivity (Wildman–Crippen MR) is 162 cm³/mol. The second-order valence-corrected chi connectivity index (χ2v) is 13.4. The van der Waals surface area contributed by atoms with Crippen LogP contribution in [0.25, 0.3) is 0 Å². The van der Waals surface area contributed by atoms with Crippen molar-refractivity contribution in [1.82, 2.24) is 0 Å². The zero-order valence-electron chi connectivity index (χ0n) is 24.5. The van der Waals surface area contributed by atoms with Crippen molar-refractivity contribution in [2.75, 3.05) is 0 Å². The van der Waals surface area contributed by atoms with Gasteiger partial charge in [-0.2, -0.15) is 0 Å². The van der Waals surface area contributed by atoms with Crippen LogP contribution >= 0.6 is 32.9 Å². The maximum absolute atomic E-state index is 9.65. The summed E-state index contributed by atoms with van der Waals surface area (Å²) in [5.41, 5.74) is 10.5. The van der Waals surface area contributed by atoms with Gasteiger partial charge >= 0.3 is 29.6 Å². The van der Waals surface area contributed by atoms with Gasteiger partial charge in [-0.1, -0.05) is 61.0 Å². The zero-order chi connectivity index (χ0) is 24.5. The van der Waals surface area contributed by atoms with E-state index in [1.807, 2.05) is 6.92 Å². The van der Waals surface area contributed by atoms with E-state index in [1.165, 1.54) is 61.7 Å². The summed E-state index contributed by atoms with van der Waals surface area (Å²) in [5.74, 6) is 0. The van der Waals surface area contributed by atoms with Crippen molar-refractivity contribution < 1.29 is 41.6 Å². The minimum atomic E-state index is -0.390. The number of alkyl halides is 1. The molecule has 0 radical (unpaired) electrons. The van der Waals surface area contributed by atoms with Gasteiger partial charge in [0, 0.05) is 5.75 Å². The van der Waals surface area contributed by atoms with Crippen molar-refractivity contribution in [3.05, 3.63) is 45.1 Å². The SMILES string of the molecule is Br.CC(C)=C1CCC(C)(Br)CC1.CC(C)=C1CCC(C)(O)CC1.CC1=CCC(=C(C)C)CC1.[2HH].[Na+].[OH-]. The minimum absolute atomic E-state index is 0. The summed E-state index contributed by atoms with van der Waals surface area (Å²) in [5, 5.41) is 9.65. The molecule has 2 nitrogen and oxygen atoms in total. The molecule has 3 aliphatic carbocycles. The first-order chi connectivity index (χ1) is 14.7. The molecule has 0 aromatic heterocycles. The number of rotatable bonds is 0. The number of halogens is 2. The van der Waals surface area contributed by atoms with Crippen molar-refractivity contribution in [3.63, 3.8) is 0 Å². The fourth-order valence-corrected chi connectivity index (χ4v) is 4.86. The third-order valence-electron chi connectivity index (χ3n) is 7.47. The minimum Gasteiger partial charge on any atom is -0.870 e. The molecule has 3 aliphatic rings. The van der Waals surface area contributed by atoms with Crippen molar-refractivity contribution >= 4 is 32.9 Å². The molecule has 0 aromatic carbocycles. The molecule has 0 amide bonds. The van der Waals surface area contributed by atoms with Crippen LogP contribution in [0.1, 0.15) is 134 Å². The van der Waals surface area contributed by atoms with Crippen LogP contribution in [0.2, 0.25) is 0 Å². The van der Waals surface area contributed by atoms with Crippen molar-refractivity contribution in [1.29, 1.82) is 0 Å². The maximum atomic E-state index is 9.65. The molecule has 3 rings (SSSR count). The van der Waals surface area contributed by atoms with Crippen LogP contribution in [0.15, 0.2) is 45.1 Å². The van der Waals surface area contributed by atoms with Gasteiger partial charge in [0.15, 0.2) is 0 Å². The molecule has 2 fully saturated rings. The molecule has 5 heteroatoms. The molecular weight excluding hydrogens is 575 g/mol. The topological polar surface area (TPSA) is 50.2 Å². The molecule has 2 N–H and O–H groups in total. The zero-order valence-corrected chi connectivity index (χ0v) is 29.8. The van der Waals surface area contributed by atoms with Gasteiger partial charge in [-0.05, 0) is 133 Å². The van der Waals surface area contributed by atoms with Gasteiger partial charge in [-0.25, -0.2) is 0 Å². The largest absolute Gasteiger partial charge is 1.00 e. The van der Waals surface area contributed by atoms with Crippen molar-refractivity contribution in [3.8, 4) is 0 Å². The normalized spacial score (nSPS) is 25.6. The van der Waals surface area contributed by atoms with Gasteiger partial charge in [0.25, 0.3) is 0 Å². The Morgan fingerprint density at radius 3 is 1.43 bits per heavy atom. The van der Waals surface area contributed by atoms with E-state index in [1.54, 1.807) is 22.3 Å². The number of hydrogen-bond acceptors (Lipinski definition) is 2. The van der Waals surface area contributed by atoms with Crippen LogP contribution in [-0.4, -0.2) is 20.5 Å². The Bertz CT molecular complexity index is 687. The Balaban J connectivity index is -0.000000202. The summed E-state index contributed by atoms with van der Waals surface area (Å²) < 4.78 is 0.423. The second-order valence-electron chi connectivity index (χ2n) is 11.5. The van der Waals surface area contributed by atoms with Crippen LogP contribution in [0.5, 0.6) is 0 Å². The summed E-state index contributed by atoms with van der Waals surface area (Å²) in [4.78, 5) is 0. The van der Waals surface area contributed by atoms with E-state index in [9.17, 15) is 5.11 Å². The average Bonchev–Trinajstić information content (AvgIpc) is 2.68. The van der Waals surface area contributed by atoms with E-state index >= 15 is 0 Å². The van der Waals surface area contributed by atoms with Gasteiger partial charge < -0.3 is 10.6 Å². The molecule has 0 heterocycles. The standard InChI is InChI=1S/C10H17Br.C10H18O.C10H16.BrH.Na.H2O.H2/c2*1-8(2)9-4-6-10(3,11)7-5-9;1-8(2)10-6-4-9(3)5-7-10;;;;/h4-7H2,1-3H3;11H,4-7H2,1-3H3;4H,5-7H2,1-3H3;1H;;1H2;1H/q;;;;+1;;/p-1/i;;;;;;1+1. The summed E-state index contributed by atoms with van der Waals surface area (Å²) in [6, 6.07) is 0. The number of allylic oxidation sites excluding steroid dienone is 8. The van der Waals surface area contributed by atoms with E-state index in [2.05, 4.69) is 77.4 Å². The molecule has 0 saturated heterocycles. The van der Waals surface area contributed by atoms with Gasteiger partial charge in [0.05, 0.1) is 5.60 Å². The van der Waals surface area contributed by atoms with E-state index in [0.717, 1.165) is 25.7 Å². The van der Waals surface area contributed by atoms with Crippen LogP contribution in [0.4, 0.5) is 0 Å². The second kappa shape index (κ2) is 19.0. The van der Waals surface area contributed by atoms with E-state index in [0.29, 0.717) is 4.32 Å². The molecular formula is C30H55Br2NaO2. The summed E-state index contributed by atoms with van der Waals surface area (Å²) >= 11 is 3.75. The summed E-state index contributed by atoms with van der Waals surface area (Å²) in [6.45, 7) is 19.7. The number of aliphatic hydroxyl groups is 1. The van der Waals surface area contributed by atoms with E-state index in [4.69, 9.17) is 0 Å². The molecule has 0 aliphatic heterocycles. The van der Waals surface area contributed by atoms with Crippen LogP contribution in [0.3, 0.4) is 0 Å². The first kappa shape index (κ1) is 40.3. The fourth-order valence-electron chi connectivity index (χ4n) is 4.47. The smallest absolute Gasteiger partial charge is 0.870 e. The third kappa shape index (κ3) is 17.1. The van der Waals surface area contributed by atoms with Crippen molar-refractivity contribution in [2.24, 2.45) is 0 Å². The van der Waals surface area contributed by atoms with Crippen molar-refractivity contribution in [2.45, 2.75) is 143 Å². The van der Waals surface area contributed by atoms with Crippen LogP contribution in [-0.2, 0) is 0 Å². The van der Waals surface area contributed by atoms with Gasteiger partial charge in [-0.15, -0.1) is 17.0 Å². The van der Waals surface area contributed by atoms with E-state index in [-0.39, 0.29) is 59.0 Å². The number of hydrogen-bond donors (Lipinski definition) is 1.